The van der Waals surface area contributed by atoms with E-state index in [9.17, 15) is 14.0 Å². The topological polar surface area (TPSA) is 46.6 Å². The van der Waals surface area contributed by atoms with Gasteiger partial charge in [0, 0.05) is 18.7 Å². The van der Waals surface area contributed by atoms with Crippen molar-refractivity contribution in [2.45, 2.75) is 19.4 Å². The predicted molar refractivity (Wildman–Crippen MR) is 94.2 cm³/mol. The van der Waals surface area contributed by atoms with Gasteiger partial charge in [-0.25, -0.2) is 4.39 Å². The highest BCUT2D eigenvalue weighted by Gasteiger charge is 2.30. The van der Waals surface area contributed by atoms with E-state index in [1.165, 1.54) is 29.5 Å². The molecule has 2 heterocycles. The number of piperidine rings is 1. The van der Waals surface area contributed by atoms with Gasteiger partial charge >= 0.3 is 5.97 Å². The molecule has 4 nitrogen and oxygen atoms in total. The van der Waals surface area contributed by atoms with Crippen molar-refractivity contribution in [2.24, 2.45) is 5.92 Å². The highest BCUT2D eigenvalue weighted by atomic mass is 35.5. The van der Waals surface area contributed by atoms with E-state index in [4.69, 9.17) is 16.3 Å². The second-order valence-corrected chi connectivity index (χ2v) is 7.27. The maximum Gasteiger partial charge on any atom is 0.311 e. The Hall–Kier alpha value is -1.92. The maximum absolute atomic E-state index is 13.0. The predicted octanol–water partition coefficient (Wildman–Crippen LogP) is 4.14. The van der Waals surface area contributed by atoms with Crippen molar-refractivity contribution in [1.29, 1.82) is 0 Å². The van der Waals surface area contributed by atoms with Crippen LogP contribution in [0.5, 0.6) is 0 Å². The van der Waals surface area contributed by atoms with Crippen LogP contribution in [0.25, 0.3) is 0 Å². The van der Waals surface area contributed by atoms with Crippen molar-refractivity contribution in [3.05, 3.63) is 57.0 Å². The van der Waals surface area contributed by atoms with Gasteiger partial charge in [0.1, 0.15) is 12.4 Å². The molecular formula is C18H17ClFNO3S. The van der Waals surface area contributed by atoms with Gasteiger partial charge in [-0.2, -0.15) is 0 Å². The average molecular weight is 382 g/mol. The molecule has 0 saturated carbocycles. The molecule has 2 aromatic rings. The van der Waals surface area contributed by atoms with Crippen LogP contribution in [0.15, 0.2) is 35.7 Å². The number of amides is 1. The summed E-state index contributed by atoms with van der Waals surface area (Å²) in [5, 5.41) is 2.08. The number of hydrogen-bond donors (Lipinski definition) is 0. The minimum atomic E-state index is -0.435. The first-order valence-corrected chi connectivity index (χ1v) is 9.23. The lowest BCUT2D eigenvalue weighted by Gasteiger charge is -2.31. The smallest absolute Gasteiger partial charge is 0.311 e. The second-order valence-electron chi connectivity index (χ2n) is 5.91. The van der Waals surface area contributed by atoms with E-state index < -0.39 is 5.82 Å². The van der Waals surface area contributed by atoms with Gasteiger partial charge < -0.3 is 9.64 Å². The van der Waals surface area contributed by atoms with Crippen LogP contribution in [0.4, 0.5) is 4.39 Å². The molecule has 25 heavy (non-hydrogen) atoms. The number of thiophene rings is 1. The summed E-state index contributed by atoms with van der Waals surface area (Å²) < 4.78 is 18.4. The molecule has 1 fully saturated rings. The molecule has 1 aromatic heterocycles. The standard InChI is InChI=1S/C18H17ClFNO3S/c19-15-9-14(20)6-5-13(15)11-24-18(23)12-3-1-7-21(10-12)17(22)16-4-2-8-25-16/h2,4-6,8-9,12H,1,3,7,10-11H2. The highest BCUT2D eigenvalue weighted by Crippen LogP contribution is 2.23. The molecule has 1 aliphatic heterocycles. The third-order valence-corrected chi connectivity index (χ3v) is 5.37. The van der Waals surface area contributed by atoms with E-state index in [2.05, 4.69) is 0 Å². The molecule has 1 unspecified atom stereocenters. The van der Waals surface area contributed by atoms with Crippen molar-refractivity contribution in [2.75, 3.05) is 13.1 Å². The van der Waals surface area contributed by atoms with E-state index >= 15 is 0 Å². The molecular weight excluding hydrogens is 365 g/mol. The number of hydrogen-bond acceptors (Lipinski definition) is 4. The first kappa shape index (κ1) is 17.9. The Balaban J connectivity index is 1.57. The van der Waals surface area contributed by atoms with E-state index in [0.29, 0.717) is 30.0 Å². The Morgan fingerprint density at radius 2 is 2.20 bits per heavy atom. The third-order valence-electron chi connectivity index (χ3n) is 4.16. The molecule has 1 aliphatic rings. The Bertz CT molecular complexity index is 766. The number of ether oxygens (including phenoxy) is 1. The maximum atomic E-state index is 13.0. The molecule has 0 bridgehead atoms. The van der Waals surface area contributed by atoms with Gasteiger partial charge in [0.05, 0.1) is 15.8 Å². The van der Waals surface area contributed by atoms with Gasteiger partial charge in [0.2, 0.25) is 0 Å². The molecule has 7 heteroatoms. The summed E-state index contributed by atoms with van der Waals surface area (Å²) in [6, 6.07) is 7.58. The zero-order valence-electron chi connectivity index (χ0n) is 13.4. The Kier molecular flexibility index (Phi) is 5.71. The highest BCUT2D eigenvalue weighted by molar-refractivity contribution is 7.12. The number of rotatable bonds is 4. The van der Waals surface area contributed by atoms with E-state index in [1.54, 1.807) is 11.0 Å². The molecule has 0 aliphatic carbocycles. The molecule has 1 amide bonds. The van der Waals surface area contributed by atoms with Gasteiger partial charge in [-0.15, -0.1) is 11.3 Å². The number of likely N-dealkylation sites (tertiary alicyclic amines) is 1. The van der Waals surface area contributed by atoms with Gasteiger partial charge in [-0.1, -0.05) is 23.7 Å². The summed E-state index contributed by atoms with van der Waals surface area (Å²) in [5.74, 6) is -1.19. The number of carbonyl (C=O) groups excluding carboxylic acids is 2. The lowest BCUT2D eigenvalue weighted by Crippen LogP contribution is -2.42. The fourth-order valence-corrected chi connectivity index (χ4v) is 3.73. The average Bonchev–Trinajstić information content (AvgIpc) is 3.15. The Morgan fingerprint density at radius 1 is 1.36 bits per heavy atom. The fraction of sp³-hybridized carbons (Fsp3) is 0.333. The molecule has 1 saturated heterocycles. The van der Waals surface area contributed by atoms with Crippen LogP contribution in [0.1, 0.15) is 28.1 Å². The van der Waals surface area contributed by atoms with Crippen LogP contribution in [0.3, 0.4) is 0 Å². The lowest BCUT2D eigenvalue weighted by atomic mass is 9.98. The summed E-state index contributed by atoms with van der Waals surface area (Å²) in [6.07, 6.45) is 1.44. The number of halogens is 2. The van der Waals surface area contributed by atoms with Crippen LogP contribution in [-0.2, 0) is 16.1 Å². The van der Waals surface area contributed by atoms with Crippen molar-refractivity contribution in [3.63, 3.8) is 0 Å². The SMILES string of the molecule is O=C(OCc1ccc(F)cc1Cl)C1CCCN(C(=O)c2cccs2)C1. The van der Waals surface area contributed by atoms with Crippen molar-refractivity contribution < 1.29 is 18.7 Å². The normalized spacial score (nSPS) is 17.4. The van der Waals surface area contributed by atoms with Gasteiger partial charge in [-0.3, -0.25) is 9.59 Å². The van der Waals surface area contributed by atoms with Crippen molar-refractivity contribution in [3.8, 4) is 0 Å². The van der Waals surface area contributed by atoms with Gasteiger partial charge in [-0.05, 0) is 36.4 Å². The minimum absolute atomic E-state index is 0.00663. The molecule has 1 aromatic carbocycles. The number of benzene rings is 1. The largest absolute Gasteiger partial charge is 0.460 e. The summed E-state index contributed by atoms with van der Waals surface area (Å²) in [5.41, 5.74) is 0.554. The van der Waals surface area contributed by atoms with Crippen LogP contribution in [-0.4, -0.2) is 29.9 Å². The molecule has 3 rings (SSSR count). The van der Waals surface area contributed by atoms with Crippen LogP contribution < -0.4 is 0 Å². The van der Waals surface area contributed by atoms with E-state index in [1.807, 2.05) is 11.4 Å². The van der Waals surface area contributed by atoms with Gasteiger partial charge in [0.15, 0.2) is 0 Å². The summed E-state index contributed by atoms with van der Waals surface area (Å²) in [6.45, 7) is 0.990. The number of carbonyl (C=O) groups is 2. The molecule has 0 N–H and O–H groups in total. The van der Waals surface area contributed by atoms with Crippen molar-refractivity contribution >= 4 is 34.8 Å². The molecule has 1 atom stereocenters. The number of esters is 1. The zero-order chi connectivity index (χ0) is 17.8. The van der Waals surface area contributed by atoms with Gasteiger partial charge in [0.25, 0.3) is 5.91 Å². The fourth-order valence-electron chi connectivity index (χ4n) is 2.82. The minimum Gasteiger partial charge on any atom is -0.460 e. The van der Waals surface area contributed by atoms with Crippen LogP contribution >= 0.6 is 22.9 Å². The van der Waals surface area contributed by atoms with Crippen molar-refractivity contribution in [1.82, 2.24) is 4.90 Å². The van der Waals surface area contributed by atoms with E-state index in [-0.39, 0.29) is 29.4 Å². The summed E-state index contributed by atoms with van der Waals surface area (Å²) in [7, 11) is 0. The first-order valence-electron chi connectivity index (χ1n) is 7.98. The molecule has 132 valence electrons. The summed E-state index contributed by atoms with van der Waals surface area (Å²) in [4.78, 5) is 27.1. The molecule has 0 radical (unpaired) electrons. The Labute approximate surface area is 154 Å². The monoisotopic (exact) mass is 381 g/mol. The number of nitrogens with zero attached hydrogens (tertiary/aromatic N) is 1. The Morgan fingerprint density at radius 3 is 2.92 bits per heavy atom. The molecule has 0 spiro atoms. The lowest BCUT2D eigenvalue weighted by molar-refractivity contribution is -0.151. The summed E-state index contributed by atoms with van der Waals surface area (Å²) >= 11 is 7.33. The quantitative estimate of drug-likeness (QED) is 0.748. The van der Waals surface area contributed by atoms with E-state index in [0.717, 1.165) is 6.42 Å². The third kappa shape index (κ3) is 4.38. The van der Waals surface area contributed by atoms with Crippen LogP contribution in [0, 0.1) is 11.7 Å². The first-order chi connectivity index (χ1) is 12.0. The van der Waals surface area contributed by atoms with Crippen LogP contribution in [0.2, 0.25) is 5.02 Å². The zero-order valence-corrected chi connectivity index (χ0v) is 15.0. The second kappa shape index (κ2) is 7.97.